The van der Waals surface area contributed by atoms with Gasteiger partial charge < -0.3 is 14.6 Å². The van der Waals surface area contributed by atoms with Gasteiger partial charge in [-0.3, -0.25) is 9.69 Å². The summed E-state index contributed by atoms with van der Waals surface area (Å²) in [5.74, 6) is 0.0584. The van der Waals surface area contributed by atoms with Crippen molar-refractivity contribution in [2.75, 3.05) is 20.2 Å². The summed E-state index contributed by atoms with van der Waals surface area (Å²) in [6.45, 7) is 6.28. The van der Waals surface area contributed by atoms with E-state index in [1.165, 1.54) is 12.8 Å². The monoisotopic (exact) mass is 319 g/mol. The Morgan fingerprint density at radius 2 is 2.17 bits per heavy atom. The number of likely N-dealkylation sites (tertiary alicyclic amines) is 1. The summed E-state index contributed by atoms with van der Waals surface area (Å²) < 4.78 is 7.52. The molecule has 1 N–H and O–H groups in total. The number of amides is 1. The summed E-state index contributed by atoms with van der Waals surface area (Å²) in [4.78, 5) is 15.2. The Labute approximate surface area is 139 Å². The highest BCUT2D eigenvalue weighted by Crippen LogP contribution is 2.28. The van der Waals surface area contributed by atoms with Crippen molar-refractivity contribution in [2.45, 2.75) is 63.8 Å². The lowest BCUT2D eigenvalue weighted by Crippen LogP contribution is -2.48. The maximum atomic E-state index is 12.7. The molecule has 2 fully saturated rings. The molecule has 128 valence electrons. The Kier molecular flexibility index (Phi) is 5.07. The maximum Gasteiger partial charge on any atom is 0.268 e. The van der Waals surface area contributed by atoms with Crippen LogP contribution in [-0.4, -0.2) is 53.8 Å². The number of nitrogens with zero attached hydrogens (tertiary/aromatic N) is 2. The molecule has 1 aliphatic heterocycles. The lowest BCUT2D eigenvalue weighted by molar-refractivity contribution is 0.0864. The quantitative estimate of drug-likeness (QED) is 0.907. The van der Waals surface area contributed by atoms with Crippen molar-refractivity contribution in [3.8, 4) is 0 Å². The second kappa shape index (κ2) is 7.05. The van der Waals surface area contributed by atoms with Crippen LogP contribution in [0, 0.1) is 0 Å². The molecule has 0 bridgehead atoms. The van der Waals surface area contributed by atoms with E-state index in [1.807, 2.05) is 22.9 Å². The molecule has 5 heteroatoms. The van der Waals surface area contributed by atoms with Crippen molar-refractivity contribution in [1.29, 1.82) is 0 Å². The second-order valence-corrected chi connectivity index (χ2v) is 7.11. The lowest BCUT2D eigenvalue weighted by Gasteiger charge is -2.30. The average molecular weight is 319 g/mol. The molecule has 2 heterocycles. The first kappa shape index (κ1) is 16.5. The highest BCUT2D eigenvalue weighted by atomic mass is 16.5. The predicted molar refractivity (Wildman–Crippen MR) is 90.7 cm³/mol. The molecule has 1 saturated carbocycles. The molecular weight excluding hydrogens is 290 g/mol. The predicted octanol–water partition coefficient (Wildman–Crippen LogP) is 2.44. The highest BCUT2D eigenvalue weighted by Gasteiger charge is 2.37. The number of aromatic nitrogens is 1. The summed E-state index contributed by atoms with van der Waals surface area (Å²) in [7, 11) is 1.79. The van der Waals surface area contributed by atoms with Crippen molar-refractivity contribution in [3.63, 3.8) is 0 Å². The van der Waals surface area contributed by atoms with Crippen LogP contribution in [0.1, 0.15) is 56.1 Å². The van der Waals surface area contributed by atoms with Gasteiger partial charge in [-0.25, -0.2) is 0 Å². The van der Waals surface area contributed by atoms with Crippen molar-refractivity contribution in [2.24, 2.45) is 0 Å². The molecule has 1 aromatic rings. The van der Waals surface area contributed by atoms with E-state index >= 15 is 0 Å². The van der Waals surface area contributed by atoms with E-state index in [0.29, 0.717) is 18.2 Å². The third-order valence-corrected chi connectivity index (χ3v) is 5.34. The van der Waals surface area contributed by atoms with E-state index < -0.39 is 0 Å². The number of ether oxygens (including phenoxy) is 1. The molecule has 3 atom stereocenters. The van der Waals surface area contributed by atoms with E-state index in [9.17, 15) is 4.79 Å². The third kappa shape index (κ3) is 3.45. The molecule has 3 rings (SSSR count). The SMILES string of the molecule is COC1CCN([C@H]2CCC[C@H]2NC(=O)c2cccn2C(C)C)C1. The number of rotatable bonds is 5. The van der Waals surface area contributed by atoms with Gasteiger partial charge in [-0.05, 0) is 51.7 Å². The van der Waals surface area contributed by atoms with Gasteiger partial charge in [0.15, 0.2) is 0 Å². The van der Waals surface area contributed by atoms with Crippen LogP contribution in [0.15, 0.2) is 18.3 Å². The Morgan fingerprint density at radius 3 is 2.87 bits per heavy atom. The first-order valence-corrected chi connectivity index (χ1v) is 8.84. The molecule has 2 aliphatic rings. The van der Waals surface area contributed by atoms with Crippen LogP contribution in [0.5, 0.6) is 0 Å². The minimum absolute atomic E-state index is 0.0584. The van der Waals surface area contributed by atoms with Gasteiger partial charge in [0.05, 0.1) is 6.10 Å². The fourth-order valence-electron chi connectivity index (χ4n) is 4.07. The molecule has 0 spiro atoms. The number of methoxy groups -OCH3 is 1. The van der Waals surface area contributed by atoms with Crippen LogP contribution in [0.25, 0.3) is 0 Å². The zero-order valence-electron chi connectivity index (χ0n) is 14.5. The van der Waals surface area contributed by atoms with Crippen LogP contribution in [0.3, 0.4) is 0 Å². The molecule has 23 heavy (non-hydrogen) atoms. The summed E-state index contributed by atoms with van der Waals surface area (Å²) in [6, 6.07) is 4.88. The maximum absolute atomic E-state index is 12.7. The third-order valence-electron chi connectivity index (χ3n) is 5.34. The number of carbonyl (C=O) groups excluding carboxylic acids is 1. The number of carbonyl (C=O) groups is 1. The molecule has 0 aromatic carbocycles. The lowest BCUT2D eigenvalue weighted by atomic mass is 10.1. The molecule has 1 aromatic heterocycles. The second-order valence-electron chi connectivity index (χ2n) is 7.11. The fourth-order valence-corrected chi connectivity index (χ4v) is 4.07. The topological polar surface area (TPSA) is 46.5 Å². The summed E-state index contributed by atoms with van der Waals surface area (Å²) in [5, 5.41) is 3.29. The first-order valence-electron chi connectivity index (χ1n) is 8.84. The highest BCUT2D eigenvalue weighted by molar-refractivity contribution is 5.93. The minimum atomic E-state index is 0.0584. The van der Waals surface area contributed by atoms with E-state index in [2.05, 4.69) is 24.1 Å². The van der Waals surface area contributed by atoms with Crippen LogP contribution >= 0.6 is 0 Å². The standard InChI is InChI=1S/C18H29N3O2/c1-13(2)21-10-5-8-17(21)18(22)19-15-6-4-7-16(15)20-11-9-14(12-20)23-3/h5,8,10,13-16H,4,6-7,9,11-12H2,1-3H3,(H,19,22)/t14?,15-,16+/m1/s1. The molecule has 5 nitrogen and oxygen atoms in total. The summed E-state index contributed by atoms with van der Waals surface area (Å²) >= 11 is 0. The Hall–Kier alpha value is -1.33. The number of hydrogen-bond acceptors (Lipinski definition) is 3. The Balaban J connectivity index is 1.64. The zero-order valence-corrected chi connectivity index (χ0v) is 14.5. The van der Waals surface area contributed by atoms with Gasteiger partial charge in [-0.2, -0.15) is 0 Å². The van der Waals surface area contributed by atoms with Crippen LogP contribution < -0.4 is 5.32 Å². The van der Waals surface area contributed by atoms with Crippen LogP contribution in [0.2, 0.25) is 0 Å². The molecule has 1 saturated heterocycles. The van der Waals surface area contributed by atoms with Gasteiger partial charge in [-0.1, -0.05) is 0 Å². The summed E-state index contributed by atoms with van der Waals surface area (Å²) in [6.07, 6.45) is 6.87. The number of nitrogens with one attached hydrogen (secondary N) is 1. The molecule has 1 aliphatic carbocycles. The largest absolute Gasteiger partial charge is 0.380 e. The molecule has 1 unspecified atom stereocenters. The minimum Gasteiger partial charge on any atom is -0.380 e. The Bertz CT molecular complexity index is 540. The van der Waals surface area contributed by atoms with Crippen molar-refractivity contribution >= 4 is 5.91 Å². The van der Waals surface area contributed by atoms with Gasteiger partial charge >= 0.3 is 0 Å². The molecule has 0 radical (unpaired) electrons. The Morgan fingerprint density at radius 1 is 1.35 bits per heavy atom. The van der Waals surface area contributed by atoms with E-state index in [4.69, 9.17) is 4.74 Å². The summed E-state index contributed by atoms with van der Waals surface area (Å²) in [5.41, 5.74) is 0.766. The van der Waals surface area contributed by atoms with Crippen molar-refractivity contribution < 1.29 is 9.53 Å². The van der Waals surface area contributed by atoms with Gasteiger partial charge in [0.2, 0.25) is 0 Å². The smallest absolute Gasteiger partial charge is 0.268 e. The molecular formula is C18H29N3O2. The van der Waals surface area contributed by atoms with Gasteiger partial charge in [0.25, 0.3) is 5.91 Å². The fraction of sp³-hybridized carbons (Fsp3) is 0.722. The van der Waals surface area contributed by atoms with Gasteiger partial charge in [0.1, 0.15) is 5.69 Å². The number of hydrogen-bond donors (Lipinski definition) is 1. The van der Waals surface area contributed by atoms with Gasteiger partial charge in [-0.15, -0.1) is 0 Å². The first-order chi connectivity index (χ1) is 11.1. The average Bonchev–Trinajstić information content (AvgIpc) is 3.26. The van der Waals surface area contributed by atoms with Crippen LogP contribution in [0.4, 0.5) is 0 Å². The zero-order chi connectivity index (χ0) is 16.4. The van der Waals surface area contributed by atoms with E-state index in [-0.39, 0.29) is 11.9 Å². The van der Waals surface area contributed by atoms with Crippen molar-refractivity contribution in [3.05, 3.63) is 24.0 Å². The van der Waals surface area contributed by atoms with Crippen molar-refractivity contribution in [1.82, 2.24) is 14.8 Å². The van der Waals surface area contributed by atoms with Crippen LogP contribution in [-0.2, 0) is 4.74 Å². The van der Waals surface area contributed by atoms with E-state index in [1.54, 1.807) is 7.11 Å². The normalized spacial score (nSPS) is 28.6. The van der Waals surface area contributed by atoms with E-state index in [0.717, 1.165) is 31.6 Å². The van der Waals surface area contributed by atoms with Gasteiger partial charge in [0, 0.05) is 44.5 Å². The molecule has 1 amide bonds.